The second-order valence-electron chi connectivity index (χ2n) is 4.93. The third-order valence-electron chi connectivity index (χ3n) is 3.33. The zero-order valence-corrected chi connectivity index (χ0v) is 13.5. The van der Waals surface area contributed by atoms with E-state index in [1.54, 1.807) is 24.5 Å². The number of thiazole rings is 1. The summed E-state index contributed by atoms with van der Waals surface area (Å²) in [4.78, 5) is 16.3. The van der Waals surface area contributed by atoms with Crippen molar-refractivity contribution in [1.82, 2.24) is 4.98 Å². The van der Waals surface area contributed by atoms with E-state index in [1.165, 1.54) is 23.0 Å². The molecule has 5 heteroatoms. The predicted molar refractivity (Wildman–Crippen MR) is 93.3 cm³/mol. The zero-order valence-electron chi connectivity index (χ0n) is 12.7. The van der Waals surface area contributed by atoms with Gasteiger partial charge in [-0.2, -0.15) is 0 Å². The molecule has 0 fully saturated rings. The molecule has 3 aromatic rings. The highest BCUT2D eigenvalue weighted by molar-refractivity contribution is 7.14. The van der Waals surface area contributed by atoms with Crippen LogP contribution in [-0.2, 0) is 11.2 Å². The van der Waals surface area contributed by atoms with Gasteiger partial charge < -0.3 is 4.42 Å². The van der Waals surface area contributed by atoms with Gasteiger partial charge in [-0.25, -0.2) is 4.98 Å². The van der Waals surface area contributed by atoms with Crippen molar-refractivity contribution < 1.29 is 9.21 Å². The number of benzene rings is 1. The van der Waals surface area contributed by atoms with E-state index in [2.05, 4.69) is 41.5 Å². The van der Waals surface area contributed by atoms with Crippen LogP contribution in [0, 0.1) is 0 Å². The first-order valence-electron chi connectivity index (χ1n) is 7.32. The minimum Gasteiger partial charge on any atom is -0.465 e. The Labute approximate surface area is 138 Å². The maximum atomic E-state index is 11.9. The minimum atomic E-state index is -0.233. The zero-order chi connectivity index (χ0) is 16.1. The molecule has 0 bridgehead atoms. The average Bonchev–Trinajstić information content (AvgIpc) is 3.25. The Kier molecular flexibility index (Phi) is 4.68. The quantitative estimate of drug-likeness (QED) is 0.697. The maximum absolute atomic E-state index is 11.9. The standard InChI is InChI=1S/C18H16N2O2S/c1-2-13-5-7-14(8-6-13)16-12-23-18(19-16)20-17(21)10-9-15-4-3-11-22-15/h3-12H,2H2,1H3,(H,19,20,21)/b10-9+. The van der Waals surface area contributed by atoms with Crippen LogP contribution in [0.1, 0.15) is 18.2 Å². The monoisotopic (exact) mass is 324 g/mol. The van der Waals surface area contributed by atoms with E-state index >= 15 is 0 Å². The van der Waals surface area contributed by atoms with Gasteiger partial charge >= 0.3 is 0 Å². The molecule has 0 radical (unpaired) electrons. The molecule has 0 aliphatic carbocycles. The van der Waals surface area contributed by atoms with Crippen LogP contribution in [-0.4, -0.2) is 10.9 Å². The van der Waals surface area contributed by atoms with Gasteiger partial charge in [0.25, 0.3) is 0 Å². The number of aryl methyl sites for hydroxylation is 1. The number of rotatable bonds is 5. The topological polar surface area (TPSA) is 55.1 Å². The molecule has 0 saturated carbocycles. The summed E-state index contributed by atoms with van der Waals surface area (Å²) < 4.78 is 5.14. The van der Waals surface area contributed by atoms with Crippen molar-refractivity contribution in [3.05, 3.63) is 65.4 Å². The molecule has 0 spiro atoms. The first-order chi connectivity index (χ1) is 11.2. The first-order valence-corrected chi connectivity index (χ1v) is 8.20. The summed E-state index contributed by atoms with van der Waals surface area (Å²) in [6.07, 6.45) is 5.62. The fourth-order valence-electron chi connectivity index (χ4n) is 2.07. The lowest BCUT2D eigenvalue weighted by Crippen LogP contribution is -2.07. The fraction of sp³-hybridized carbons (Fsp3) is 0.111. The lowest BCUT2D eigenvalue weighted by molar-refractivity contribution is -0.111. The van der Waals surface area contributed by atoms with E-state index in [0.717, 1.165) is 17.7 Å². The van der Waals surface area contributed by atoms with Crippen LogP contribution in [0.2, 0.25) is 0 Å². The number of amides is 1. The van der Waals surface area contributed by atoms with Crippen LogP contribution in [0.3, 0.4) is 0 Å². The number of nitrogens with one attached hydrogen (secondary N) is 1. The van der Waals surface area contributed by atoms with Crippen molar-refractivity contribution in [3.63, 3.8) is 0 Å². The van der Waals surface area contributed by atoms with Gasteiger partial charge in [0.2, 0.25) is 5.91 Å². The molecule has 23 heavy (non-hydrogen) atoms. The molecule has 4 nitrogen and oxygen atoms in total. The van der Waals surface area contributed by atoms with Crippen LogP contribution in [0.15, 0.2) is 58.5 Å². The molecule has 0 saturated heterocycles. The highest BCUT2D eigenvalue weighted by Crippen LogP contribution is 2.25. The summed E-state index contributed by atoms with van der Waals surface area (Å²) in [5.74, 6) is 0.402. The second kappa shape index (κ2) is 7.07. The Bertz CT molecular complexity index is 802. The molecule has 0 aliphatic rings. The summed E-state index contributed by atoms with van der Waals surface area (Å²) in [5.41, 5.74) is 3.20. The second-order valence-corrected chi connectivity index (χ2v) is 5.78. The summed E-state index contributed by atoms with van der Waals surface area (Å²) in [5, 5.41) is 5.27. The van der Waals surface area contributed by atoms with Crippen molar-refractivity contribution in [2.45, 2.75) is 13.3 Å². The number of anilines is 1. The first kappa shape index (κ1) is 15.2. The average molecular weight is 324 g/mol. The Balaban J connectivity index is 1.65. The molecule has 0 aliphatic heterocycles. The number of hydrogen-bond acceptors (Lipinski definition) is 4. The predicted octanol–water partition coefficient (Wildman–Crippen LogP) is 4.62. The van der Waals surface area contributed by atoms with Gasteiger partial charge in [-0.3, -0.25) is 10.1 Å². The van der Waals surface area contributed by atoms with Gasteiger partial charge in [-0.1, -0.05) is 31.2 Å². The van der Waals surface area contributed by atoms with E-state index in [0.29, 0.717) is 10.9 Å². The van der Waals surface area contributed by atoms with Gasteiger partial charge in [0.05, 0.1) is 12.0 Å². The molecule has 0 atom stereocenters. The fourth-order valence-corrected chi connectivity index (χ4v) is 2.79. The van der Waals surface area contributed by atoms with E-state index in [-0.39, 0.29) is 5.91 Å². The Morgan fingerprint density at radius 3 is 2.83 bits per heavy atom. The lowest BCUT2D eigenvalue weighted by atomic mass is 10.1. The van der Waals surface area contributed by atoms with Crippen molar-refractivity contribution in [1.29, 1.82) is 0 Å². The van der Waals surface area contributed by atoms with Crippen LogP contribution in [0.25, 0.3) is 17.3 Å². The minimum absolute atomic E-state index is 0.233. The number of furan rings is 1. The number of nitrogens with zero attached hydrogens (tertiary/aromatic N) is 1. The number of hydrogen-bond donors (Lipinski definition) is 1. The molecule has 1 aromatic carbocycles. The summed E-state index contributed by atoms with van der Waals surface area (Å²) in [6, 6.07) is 11.9. The largest absolute Gasteiger partial charge is 0.465 e. The molecule has 2 aromatic heterocycles. The number of carbonyl (C=O) groups is 1. The summed E-state index contributed by atoms with van der Waals surface area (Å²) in [7, 11) is 0. The molecule has 2 heterocycles. The van der Waals surface area contributed by atoms with Gasteiger partial charge in [0, 0.05) is 17.0 Å². The molecule has 0 unspecified atom stereocenters. The van der Waals surface area contributed by atoms with Gasteiger partial charge in [-0.15, -0.1) is 11.3 Å². The Morgan fingerprint density at radius 2 is 2.13 bits per heavy atom. The van der Waals surface area contributed by atoms with Crippen molar-refractivity contribution in [3.8, 4) is 11.3 Å². The lowest BCUT2D eigenvalue weighted by Gasteiger charge is -1.99. The third kappa shape index (κ3) is 3.96. The highest BCUT2D eigenvalue weighted by atomic mass is 32.1. The summed E-state index contributed by atoms with van der Waals surface area (Å²) in [6.45, 7) is 2.13. The van der Waals surface area contributed by atoms with Crippen LogP contribution >= 0.6 is 11.3 Å². The normalized spacial score (nSPS) is 11.0. The van der Waals surface area contributed by atoms with Crippen LogP contribution < -0.4 is 5.32 Å². The maximum Gasteiger partial charge on any atom is 0.250 e. The molecular formula is C18H16N2O2S. The van der Waals surface area contributed by atoms with Gasteiger partial charge in [0.1, 0.15) is 5.76 Å². The molecular weight excluding hydrogens is 308 g/mol. The van der Waals surface area contributed by atoms with E-state index < -0.39 is 0 Å². The van der Waals surface area contributed by atoms with Crippen LogP contribution in [0.4, 0.5) is 5.13 Å². The molecule has 1 N–H and O–H groups in total. The Hall–Kier alpha value is -2.66. The third-order valence-corrected chi connectivity index (χ3v) is 4.09. The van der Waals surface area contributed by atoms with E-state index in [4.69, 9.17) is 4.42 Å². The molecule has 116 valence electrons. The summed E-state index contributed by atoms with van der Waals surface area (Å²) >= 11 is 1.41. The Morgan fingerprint density at radius 1 is 1.30 bits per heavy atom. The number of aromatic nitrogens is 1. The SMILES string of the molecule is CCc1ccc(-c2csc(NC(=O)/C=C/c3ccco3)n2)cc1. The van der Waals surface area contributed by atoms with Crippen molar-refractivity contribution >= 4 is 28.5 Å². The van der Waals surface area contributed by atoms with Gasteiger partial charge in [0.15, 0.2) is 5.13 Å². The highest BCUT2D eigenvalue weighted by Gasteiger charge is 2.06. The van der Waals surface area contributed by atoms with Crippen molar-refractivity contribution in [2.75, 3.05) is 5.32 Å². The van der Waals surface area contributed by atoms with E-state index in [1.807, 2.05) is 5.38 Å². The van der Waals surface area contributed by atoms with Crippen molar-refractivity contribution in [2.24, 2.45) is 0 Å². The number of carbonyl (C=O) groups excluding carboxylic acids is 1. The van der Waals surface area contributed by atoms with E-state index in [9.17, 15) is 4.79 Å². The van der Waals surface area contributed by atoms with Crippen LogP contribution in [0.5, 0.6) is 0 Å². The van der Waals surface area contributed by atoms with Gasteiger partial charge in [-0.05, 0) is 30.2 Å². The smallest absolute Gasteiger partial charge is 0.250 e. The molecule has 3 rings (SSSR count). The molecule has 1 amide bonds.